The minimum atomic E-state index is -0.0319. The minimum Gasteiger partial charge on any atom is -0.380 e. The average Bonchev–Trinajstić information content (AvgIpc) is 2.79. The smallest absolute Gasteiger partial charge is 0.244 e. The number of nitrogens with zero attached hydrogens (tertiary/aromatic N) is 1. The molecule has 1 heterocycles. The van der Waals surface area contributed by atoms with Crippen LogP contribution in [0.3, 0.4) is 0 Å². The second-order valence-corrected chi connectivity index (χ2v) is 4.85. The van der Waals surface area contributed by atoms with Crippen LogP contribution in [0, 0.1) is 0 Å². The fourth-order valence-corrected chi connectivity index (χ4v) is 2.48. The summed E-state index contributed by atoms with van der Waals surface area (Å²) in [7, 11) is 1.67. The molecule has 0 bridgehead atoms. The number of benzene rings is 1. The standard InChI is InChI=1S/C15H22N2O2/c1-3-9-16-13-8-10-17(15(13)18)14-7-5-4-6-12(14)11-19-2/h4-7,13,16H,3,8-11H2,1-2H3. The Bertz CT molecular complexity index is 434. The van der Waals surface area contributed by atoms with Gasteiger partial charge in [-0.05, 0) is 25.5 Å². The number of rotatable bonds is 6. The highest BCUT2D eigenvalue weighted by Gasteiger charge is 2.32. The molecule has 0 aliphatic carbocycles. The molecule has 2 rings (SSSR count). The van der Waals surface area contributed by atoms with Crippen LogP contribution in [0.4, 0.5) is 5.69 Å². The van der Waals surface area contributed by atoms with Gasteiger partial charge in [0.05, 0.1) is 12.6 Å². The van der Waals surface area contributed by atoms with Crippen LogP contribution in [-0.4, -0.2) is 32.1 Å². The van der Waals surface area contributed by atoms with E-state index in [2.05, 4.69) is 12.2 Å². The van der Waals surface area contributed by atoms with Crippen molar-refractivity contribution in [2.75, 3.05) is 25.1 Å². The van der Waals surface area contributed by atoms with Gasteiger partial charge in [-0.1, -0.05) is 25.1 Å². The number of carbonyl (C=O) groups excluding carboxylic acids is 1. The molecule has 4 nitrogen and oxygen atoms in total. The van der Waals surface area contributed by atoms with Crippen molar-refractivity contribution in [2.24, 2.45) is 0 Å². The van der Waals surface area contributed by atoms with Gasteiger partial charge in [-0.3, -0.25) is 4.79 Å². The number of amides is 1. The molecule has 1 N–H and O–H groups in total. The summed E-state index contributed by atoms with van der Waals surface area (Å²) in [5.41, 5.74) is 2.05. The SMILES string of the molecule is CCCNC1CCN(c2ccccc2COC)C1=O. The second-order valence-electron chi connectivity index (χ2n) is 4.85. The van der Waals surface area contributed by atoms with Gasteiger partial charge in [0.25, 0.3) is 0 Å². The van der Waals surface area contributed by atoms with E-state index in [-0.39, 0.29) is 11.9 Å². The Morgan fingerprint density at radius 2 is 2.21 bits per heavy atom. The number of anilines is 1. The van der Waals surface area contributed by atoms with Crippen LogP contribution in [0.5, 0.6) is 0 Å². The fourth-order valence-electron chi connectivity index (χ4n) is 2.48. The van der Waals surface area contributed by atoms with Gasteiger partial charge in [0.15, 0.2) is 0 Å². The number of nitrogens with one attached hydrogen (secondary N) is 1. The van der Waals surface area contributed by atoms with E-state index < -0.39 is 0 Å². The molecule has 4 heteroatoms. The van der Waals surface area contributed by atoms with E-state index in [9.17, 15) is 4.79 Å². The number of carbonyl (C=O) groups is 1. The third kappa shape index (κ3) is 3.14. The van der Waals surface area contributed by atoms with Crippen molar-refractivity contribution in [2.45, 2.75) is 32.4 Å². The number of hydrogen-bond donors (Lipinski definition) is 1. The van der Waals surface area contributed by atoms with Crippen molar-refractivity contribution in [3.05, 3.63) is 29.8 Å². The van der Waals surface area contributed by atoms with Crippen LogP contribution in [0.2, 0.25) is 0 Å². The molecule has 1 atom stereocenters. The minimum absolute atomic E-state index is 0.0319. The highest BCUT2D eigenvalue weighted by Crippen LogP contribution is 2.26. The summed E-state index contributed by atoms with van der Waals surface area (Å²) in [5.74, 6) is 0.178. The number of hydrogen-bond acceptors (Lipinski definition) is 3. The summed E-state index contributed by atoms with van der Waals surface area (Å²) in [6.07, 6.45) is 1.92. The molecule has 1 aliphatic heterocycles. The van der Waals surface area contributed by atoms with E-state index in [1.54, 1.807) is 7.11 Å². The van der Waals surface area contributed by atoms with Crippen molar-refractivity contribution in [1.82, 2.24) is 5.32 Å². The molecule has 0 radical (unpaired) electrons. The lowest BCUT2D eigenvalue weighted by atomic mass is 10.1. The zero-order chi connectivity index (χ0) is 13.7. The Kier molecular flexibility index (Phi) is 4.93. The van der Waals surface area contributed by atoms with Crippen LogP contribution >= 0.6 is 0 Å². The molecule has 1 amide bonds. The molecule has 1 aromatic rings. The van der Waals surface area contributed by atoms with Crippen molar-refractivity contribution in [1.29, 1.82) is 0 Å². The maximum atomic E-state index is 12.4. The van der Waals surface area contributed by atoms with Crippen LogP contribution in [0.25, 0.3) is 0 Å². The zero-order valence-corrected chi connectivity index (χ0v) is 11.7. The van der Waals surface area contributed by atoms with E-state index in [0.29, 0.717) is 6.61 Å². The summed E-state index contributed by atoms with van der Waals surface area (Å²) in [4.78, 5) is 14.3. The molecule has 1 aliphatic rings. The Labute approximate surface area is 114 Å². The molecule has 1 aromatic carbocycles. The van der Waals surface area contributed by atoms with Crippen LogP contribution in [0.1, 0.15) is 25.3 Å². The summed E-state index contributed by atoms with van der Waals surface area (Å²) < 4.78 is 5.20. The van der Waals surface area contributed by atoms with Crippen LogP contribution in [0.15, 0.2) is 24.3 Å². The van der Waals surface area contributed by atoms with E-state index in [1.165, 1.54) is 0 Å². The highest BCUT2D eigenvalue weighted by molar-refractivity contribution is 6.00. The fraction of sp³-hybridized carbons (Fsp3) is 0.533. The van der Waals surface area contributed by atoms with E-state index in [1.807, 2.05) is 29.2 Å². The second kappa shape index (κ2) is 6.68. The molecule has 1 saturated heterocycles. The van der Waals surface area contributed by atoms with Gasteiger partial charge in [-0.25, -0.2) is 0 Å². The molecule has 1 unspecified atom stereocenters. The number of methoxy groups -OCH3 is 1. The van der Waals surface area contributed by atoms with E-state index >= 15 is 0 Å². The lowest BCUT2D eigenvalue weighted by molar-refractivity contribution is -0.118. The maximum absolute atomic E-state index is 12.4. The van der Waals surface area contributed by atoms with Gasteiger partial charge in [0.1, 0.15) is 0 Å². The average molecular weight is 262 g/mol. The quantitative estimate of drug-likeness (QED) is 0.852. The van der Waals surface area contributed by atoms with Gasteiger partial charge in [-0.15, -0.1) is 0 Å². The molecule has 0 saturated carbocycles. The number of ether oxygens (including phenoxy) is 1. The summed E-state index contributed by atoms with van der Waals surface area (Å²) in [6, 6.07) is 7.92. The third-order valence-electron chi connectivity index (χ3n) is 3.43. The number of para-hydroxylation sites is 1. The van der Waals surface area contributed by atoms with Crippen LogP contribution < -0.4 is 10.2 Å². The van der Waals surface area contributed by atoms with Crippen LogP contribution in [-0.2, 0) is 16.1 Å². The predicted molar refractivity (Wildman–Crippen MR) is 76.2 cm³/mol. The van der Waals surface area contributed by atoms with Crippen molar-refractivity contribution in [3.63, 3.8) is 0 Å². The van der Waals surface area contributed by atoms with Gasteiger partial charge < -0.3 is 15.0 Å². The first-order chi connectivity index (χ1) is 9.27. The maximum Gasteiger partial charge on any atom is 0.244 e. The van der Waals surface area contributed by atoms with Crippen molar-refractivity contribution >= 4 is 11.6 Å². The first-order valence-electron chi connectivity index (χ1n) is 6.89. The van der Waals surface area contributed by atoms with Crippen molar-refractivity contribution < 1.29 is 9.53 Å². The Hall–Kier alpha value is -1.39. The van der Waals surface area contributed by atoms with Gasteiger partial charge >= 0.3 is 0 Å². The summed E-state index contributed by atoms with van der Waals surface area (Å²) >= 11 is 0. The van der Waals surface area contributed by atoms with E-state index in [4.69, 9.17) is 4.74 Å². The van der Waals surface area contributed by atoms with E-state index in [0.717, 1.165) is 37.2 Å². The third-order valence-corrected chi connectivity index (χ3v) is 3.43. The first kappa shape index (κ1) is 14.0. The normalized spacial score (nSPS) is 19.2. The lowest BCUT2D eigenvalue weighted by Gasteiger charge is -2.20. The monoisotopic (exact) mass is 262 g/mol. The molecule has 104 valence electrons. The first-order valence-corrected chi connectivity index (χ1v) is 6.89. The molecule has 0 aromatic heterocycles. The Balaban J connectivity index is 2.12. The molecule has 19 heavy (non-hydrogen) atoms. The molecule has 1 fully saturated rings. The molecular weight excluding hydrogens is 240 g/mol. The zero-order valence-electron chi connectivity index (χ0n) is 11.7. The summed E-state index contributed by atoms with van der Waals surface area (Å²) in [6.45, 7) is 4.32. The lowest BCUT2D eigenvalue weighted by Crippen LogP contribution is -2.38. The highest BCUT2D eigenvalue weighted by atomic mass is 16.5. The summed E-state index contributed by atoms with van der Waals surface area (Å²) in [5, 5.41) is 3.31. The largest absolute Gasteiger partial charge is 0.380 e. The van der Waals surface area contributed by atoms with Crippen molar-refractivity contribution in [3.8, 4) is 0 Å². The van der Waals surface area contributed by atoms with Gasteiger partial charge in [0, 0.05) is 24.9 Å². The van der Waals surface area contributed by atoms with Gasteiger partial charge in [0.2, 0.25) is 5.91 Å². The molecular formula is C15H22N2O2. The topological polar surface area (TPSA) is 41.6 Å². The predicted octanol–water partition coefficient (Wildman–Crippen LogP) is 1.94. The Morgan fingerprint density at radius 3 is 2.95 bits per heavy atom. The molecule has 0 spiro atoms. The van der Waals surface area contributed by atoms with Gasteiger partial charge in [-0.2, -0.15) is 0 Å². The Morgan fingerprint density at radius 1 is 1.42 bits per heavy atom.